The van der Waals surface area contributed by atoms with Gasteiger partial charge < -0.3 is 0 Å². The van der Waals surface area contributed by atoms with Gasteiger partial charge in [-0.1, -0.05) is 72.8 Å². The van der Waals surface area contributed by atoms with Crippen molar-refractivity contribution in [2.24, 2.45) is 0 Å². The molecule has 174 valence electrons. The number of halogens is 2. The van der Waals surface area contributed by atoms with Crippen LogP contribution in [0.3, 0.4) is 0 Å². The van der Waals surface area contributed by atoms with Crippen LogP contribution in [0.25, 0.3) is 17.2 Å². The highest BCUT2D eigenvalue weighted by molar-refractivity contribution is 6.00. The summed E-state index contributed by atoms with van der Waals surface area (Å²) in [4.78, 5) is 2.27. The zero-order valence-electron chi connectivity index (χ0n) is 19.8. The molecule has 0 spiro atoms. The number of hydrogen-bond donors (Lipinski definition) is 0. The van der Waals surface area contributed by atoms with Crippen molar-refractivity contribution in [2.45, 2.75) is 32.6 Å². The van der Waals surface area contributed by atoms with Crippen molar-refractivity contribution < 1.29 is 8.78 Å². The van der Waals surface area contributed by atoms with E-state index in [2.05, 4.69) is 59.5 Å². The van der Waals surface area contributed by atoms with Crippen molar-refractivity contribution in [1.29, 1.82) is 0 Å². The van der Waals surface area contributed by atoms with Crippen LogP contribution in [0.5, 0.6) is 0 Å². The first-order chi connectivity index (χ1) is 16.6. The summed E-state index contributed by atoms with van der Waals surface area (Å²) in [5.74, 6) is -0.113. The summed E-state index contributed by atoms with van der Waals surface area (Å²) in [5.41, 5.74) is 9.88. The van der Waals surface area contributed by atoms with E-state index in [0.717, 1.165) is 61.2 Å². The summed E-state index contributed by atoms with van der Waals surface area (Å²) >= 11 is 0. The van der Waals surface area contributed by atoms with Crippen molar-refractivity contribution in [2.75, 3.05) is 26.3 Å². The first-order valence-electron chi connectivity index (χ1n) is 12.3. The highest BCUT2D eigenvalue weighted by Gasteiger charge is 2.22. The van der Waals surface area contributed by atoms with Crippen LogP contribution in [0.1, 0.15) is 52.6 Å². The second kappa shape index (κ2) is 10.1. The Morgan fingerprint density at radius 1 is 0.882 bits per heavy atom. The molecule has 0 aromatic heterocycles. The Bertz CT molecular complexity index is 1230. The minimum Gasteiger partial charge on any atom is -0.295 e. The molecule has 0 N–H and O–H groups in total. The maximum Gasteiger partial charge on any atom is 0.133 e. The fourth-order valence-corrected chi connectivity index (χ4v) is 5.25. The zero-order valence-corrected chi connectivity index (χ0v) is 19.8. The Balaban J connectivity index is 1.52. The molecule has 1 aliphatic heterocycles. The molecular formula is C31H31F2N. The maximum atomic E-state index is 15.3. The lowest BCUT2D eigenvalue weighted by Crippen LogP contribution is -2.40. The molecule has 0 saturated carbocycles. The monoisotopic (exact) mass is 455 g/mol. The lowest BCUT2D eigenvalue weighted by atomic mass is 9.87. The second-order valence-corrected chi connectivity index (χ2v) is 9.48. The van der Waals surface area contributed by atoms with Crippen LogP contribution >= 0.6 is 0 Å². The van der Waals surface area contributed by atoms with Gasteiger partial charge in [0.1, 0.15) is 5.82 Å². The third kappa shape index (κ3) is 4.63. The molecule has 3 aromatic carbocycles. The van der Waals surface area contributed by atoms with E-state index in [1.807, 2.05) is 25.1 Å². The number of benzene rings is 3. The molecule has 34 heavy (non-hydrogen) atoms. The predicted molar refractivity (Wildman–Crippen MR) is 138 cm³/mol. The van der Waals surface area contributed by atoms with Crippen molar-refractivity contribution in [3.05, 3.63) is 112 Å². The fourth-order valence-electron chi connectivity index (χ4n) is 5.25. The number of fused-ring (bicyclic) bond motifs is 1. The highest BCUT2D eigenvalue weighted by atomic mass is 19.1. The van der Waals surface area contributed by atoms with Crippen LogP contribution in [0.2, 0.25) is 0 Å². The molecular weight excluding hydrogens is 424 g/mol. The average Bonchev–Trinajstić information content (AvgIpc) is 3.02. The minimum atomic E-state index is -0.246. The number of likely N-dealkylation sites (tertiary alicyclic amines) is 1. The Labute approximate surface area is 201 Å². The number of hydrogen-bond acceptors (Lipinski definition) is 1. The molecule has 0 atom stereocenters. The van der Waals surface area contributed by atoms with Crippen LogP contribution in [0.4, 0.5) is 8.78 Å². The molecule has 0 amide bonds. The summed E-state index contributed by atoms with van der Waals surface area (Å²) in [6.07, 6.45) is 5.71. The van der Waals surface area contributed by atoms with Gasteiger partial charge in [0.05, 0.1) is 6.67 Å². The third-order valence-electron chi connectivity index (χ3n) is 7.01. The number of nitrogens with zero attached hydrogens (tertiary/aromatic N) is 1. The van der Waals surface area contributed by atoms with Gasteiger partial charge in [-0.25, -0.2) is 4.39 Å². The number of alkyl halides is 1. The van der Waals surface area contributed by atoms with Crippen molar-refractivity contribution >= 4 is 17.2 Å². The Morgan fingerprint density at radius 2 is 1.65 bits per heavy atom. The summed E-state index contributed by atoms with van der Waals surface area (Å²) in [6, 6.07) is 23.0. The van der Waals surface area contributed by atoms with E-state index in [9.17, 15) is 4.39 Å². The lowest BCUT2D eigenvalue weighted by Gasteiger charge is -2.33. The number of rotatable bonds is 6. The van der Waals surface area contributed by atoms with Gasteiger partial charge in [0, 0.05) is 25.2 Å². The van der Waals surface area contributed by atoms with Crippen LogP contribution in [-0.4, -0.2) is 31.2 Å². The molecule has 0 bridgehead atoms. The smallest absolute Gasteiger partial charge is 0.133 e. The fraction of sp³-hybridized carbons (Fsp3) is 0.290. The van der Waals surface area contributed by atoms with Crippen LogP contribution in [-0.2, 0) is 6.42 Å². The van der Waals surface area contributed by atoms with E-state index in [0.29, 0.717) is 12.0 Å². The number of allylic oxidation sites excluding steroid dienone is 1. The van der Waals surface area contributed by atoms with E-state index in [1.54, 1.807) is 0 Å². The molecule has 1 fully saturated rings. The Kier molecular flexibility index (Phi) is 6.73. The maximum absolute atomic E-state index is 15.3. The molecule has 2 aliphatic rings. The van der Waals surface area contributed by atoms with Crippen LogP contribution in [0.15, 0.2) is 72.3 Å². The van der Waals surface area contributed by atoms with Crippen molar-refractivity contribution in [3.8, 4) is 0 Å². The molecule has 1 saturated heterocycles. The normalized spacial score (nSPS) is 16.1. The number of aryl methyl sites for hydroxylation is 2. The molecule has 3 aromatic rings. The molecule has 3 heteroatoms. The second-order valence-electron chi connectivity index (χ2n) is 9.48. The van der Waals surface area contributed by atoms with Gasteiger partial charge in [0.15, 0.2) is 0 Å². The van der Waals surface area contributed by atoms with E-state index < -0.39 is 0 Å². The summed E-state index contributed by atoms with van der Waals surface area (Å²) in [6.45, 7) is 4.28. The topological polar surface area (TPSA) is 3.24 Å². The third-order valence-corrected chi connectivity index (χ3v) is 7.01. The minimum absolute atomic E-state index is 0.113. The summed E-state index contributed by atoms with van der Waals surface area (Å²) in [7, 11) is 0. The lowest BCUT2D eigenvalue weighted by molar-refractivity contribution is 0.239. The highest BCUT2D eigenvalue weighted by Crippen LogP contribution is 2.40. The quantitative estimate of drug-likeness (QED) is 0.372. The van der Waals surface area contributed by atoms with Gasteiger partial charge >= 0.3 is 0 Å². The zero-order chi connectivity index (χ0) is 23.5. The first kappa shape index (κ1) is 22.7. The largest absolute Gasteiger partial charge is 0.295 e. The first-order valence-corrected chi connectivity index (χ1v) is 12.3. The van der Waals surface area contributed by atoms with Gasteiger partial charge in [0.25, 0.3) is 0 Å². The SMILES string of the molecule is Cc1cccc(C2=C(c3ccc(C=C4CN(CCCF)C4)cc3)c3ccccc3CCC2)c1F. The Morgan fingerprint density at radius 3 is 2.44 bits per heavy atom. The molecule has 1 heterocycles. The van der Waals surface area contributed by atoms with E-state index in [1.165, 1.54) is 22.3 Å². The van der Waals surface area contributed by atoms with Gasteiger partial charge in [-0.15, -0.1) is 0 Å². The van der Waals surface area contributed by atoms with E-state index in [4.69, 9.17) is 0 Å². The van der Waals surface area contributed by atoms with E-state index >= 15 is 4.39 Å². The average molecular weight is 456 g/mol. The molecule has 1 nitrogen and oxygen atoms in total. The summed E-state index contributed by atoms with van der Waals surface area (Å²) < 4.78 is 27.7. The van der Waals surface area contributed by atoms with Gasteiger partial charge in [-0.2, -0.15) is 0 Å². The van der Waals surface area contributed by atoms with Crippen LogP contribution in [0, 0.1) is 12.7 Å². The van der Waals surface area contributed by atoms with E-state index in [-0.39, 0.29) is 12.5 Å². The summed E-state index contributed by atoms with van der Waals surface area (Å²) in [5, 5.41) is 0. The van der Waals surface area contributed by atoms with Gasteiger partial charge in [-0.3, -0.25) is 9.29 Å². The standard InChI is InChI=1S/C31H31F2N/c1-22-7-4-12-29(31(22)33)28-11-5-9-25-8-2-3-10-27(25)30(28)26-15-13-23(14-16-26)19-24-20-34(21-24)18-6-17-32/h2-4,7-8,10,12-16,19H,5-6,9,11,17-18,20-21H2,1H3. The molecule has 0 radical (unpaired) electrons. The van der Waals surface area contributed by atoms with Gasteiger partial charge in [0.2, 0.25) is 0 Å². The Hall–Kier alpha value is -3.04. The molecule has 5 rings (SSSR count). The predicted octanol–water partition coefficient (Wildman–Crippen LogP) is 7.49. The molecule has 1 aliphatic carbocycles. The van der Waals surface area contributed by atoms with Crippen molar-refractivity contribution in [3.63, 3.8) is 0 Å². The van der Waals surface area contributed by atoms with Crippen LogP contribution < -0.4 is 0 Å². The van der Waals surface area contributed by atoms with Crippen molar-refractivity contribution in [1.82, 2.24) is 4.90 Å². The molecule has 0 unspecified atom stereocenters. The van der Waals surface area contributed by atoms with Gasteiger partial charge in [-0.05, 0) is 77.1 Å².